The average molecular weight is 466 g/mol. The van der Waals surface area contributed by atoms with E-state index in [1.54, 1.807) is 36.4 Å². The van der Waals surface area contributed by atoms with E-state index in [0.29, 0.717) is 47.4 Å². The highest BCUT2D eigenvalue weighted by molar-refractivity contribution is 6.42. The molecule has 2 aromatic carbocycles. The van der Waals surface area contributed by atoms with Crippen molar-refractivity contribution in [3.05, 3.63) is 52.5 Å². The first-order valence-electron chi connectivity index (χ1n) is 9.54. The van der Waals surface area contributed by atoms with E-state index in [1.807, 2.05) is 6.07 Å². The van der Waals surface area contributed by atoms with Crippen molar-refractivity contribution < 1.29 is 27.0 Å². The molecular formula is C21H21Cl2F4NO2. The van der Waals surface area contributed by atoms with E-state index in [9.17, 15) is 17.6 Å². The second-order valence-corrected chi connectivity index (χ2v) is 7.98. The van der Waals surface area contributed by atoms with Crippen LogP contribution in [0.1, 0.15) is 25.7 Å². The minimum absolute atomic E-state index is 0.0316. The van der Waals surface area contributed by atoms with Crippen molar-refractivity contribution in [1.82, 2.24) is 0 Å². The van der Waals surface area contributed by atoms with Crippen molar-refractivity contribution in [3.63, 3.8) is 0 Å². The van der Waals surface area contributed by atoms with Crippen molar-refractivity contribution in [2.24, 2.45) is 5.92 Å². The lowest BCUT2D eigenvalue weighted by Crippen LogP contribution is -2.37. The van der Waals surface area contributed by atoms with E-state index < -0.39 is 18.6 Å². The largest absolute Gasteiger partial charge is 0.456 e. The number of hydrogen-bond acceptors (Lipinski definition) is 3. The van der Waals surface area contributed by atoms with Gasteiger partial charge in [0.15, 0.2) is 0 Å². The summed E-state index contributed by atoms with van der Waals surface area (Å²) in [6.07, 6.45) is -7.02. The van der Waals surface area contributed by atoms with Gasteiger partial charge in [-0.25, -0.2) is 8.78 Å². The van der Waals surface area contributed by atoms with Gasteiger partial charge in [0, 0.05) is 18.3 Å². The molecule has 0 radical (unpaired) electrons. The van der Waals surface area contributed by atoms with E-state index >= 15 is 0 Å². The molecule has 9 heteroatoms. The monoisotopic (exact) mass is 465 g/mol. The minimum Gasteiger partial charge on any atom is -0.456 e. The quantitative estimate of drug-likeness (QED) is 0.406. The fourth-order valence-corrected chi connectivity index (χ4v) is 3.76. The molecule has 3 nitrogen and oxygen atoms in total. The number of ether oxygens (including phenoxy) is 2. The molecule has 0 heterocycles. The van der Waals surface area contributed by atoms with Crippen LogP contribution < -0.4 is 10.1 Å². The van der Waals surface area contributed by atoms with Crippen LogP contribution in [-0.4, -0.2) is 25.2 Å². The van der Waals surface area contributed by atoms with Crippen LogP contribution in [0.15, 0.2) is 42.5 Å². The highest BCUT2D eigenvalue weighted by Crippen LogP contribution is 2.36. The number of alkyl halides is 4. The Balaban J connectivity index is 1.56. The highest BCUT2D eigenvalue weighted by atomic mass is 35.5. The van der Waals surface area contributed by atoms with Crippen LogP contribution in [0.4, 0.5) is 23.2 Å². The van der Waals surface area contributed by atoms with Gasteiger partial charge in [-0.2, -0.15) is 8.78 Å². The second kappa shape index (κ2) is 10.1. The lowest BCUT2D eigenvalue weighted by Gasteiger charge is -2.31. The van der Waals surface area contributed by atoms with Gasteiger partial charge in [-0.05, 0) is 49.4 Å². The fraction of sp³-hybridized carbons (Fsp3) is 0.429. The molecule has 0 amide bonds. The summed E-state index contributed by atoms with van der Waals surface area (Å²) in [7, 11) is 0. The van der Waals surface area contributed by atoms with Crippen LogP contribution in [0.5, 0.6) is 11.5 Å². The summed E-state index contributed by atoms with van der Waals surface area (Å²) in [5, 5.41) is 3.94. The maximum Gasteiger partial charge on any atom is 0.416 e. The van der Waals surface area contributed by atoms with Crippen molar-refractivity contribution in [1.29, 1.82) is 0 Å². The number of rotatable bonds is 8. The Bertz CT molecular complexity index is 854. The van der Waals surface area contributed by atoms with E-state index in [1.165, 1.54) is 0 Å². The SMILES string of the molecule is FC(F)C(F)(F)OC1CCCC(CNc2cccc(Oc3cccc(Cl)c3Cl)c2)C1. The summed E-state index contributed by atoms with van der Waals surface area (Å²) in [4.78, 5) is 0. The standard InChI is InChI=1S/C21H21Cl2F4NO2/c22-17-8-3-9-18(19(17)23)29-15-6-2-5-14(11-15)28-12-13-4-1-7-16(10-13)30-21(26,27)20(24)25/h2-3,5-6,8-9,11,13,16,20,28H,1,4,7,10,12H2. The Labute approximate surface area is 182 Å². The summed E-state index contributed by atoms with van der Waals surface area (Å²) in [5.41, 5.74) is 0.770. The van der Waals surface area contributed by atoms with Crippen LogP contribution in [0.2, 0.25) is 10.0 Å². The molecule has 1 aliphatic rings. The molecule has 164 valence electrons. The predicted molar refractivity (Wildman–Crippen MR) is 109 cm³/mol. The molecule has 3 rings (SSSR count). The van der Waals surface area contributed by atoms with Gasteiger partial charge in [0.1, 0.15) is 16.5 Å². The first-order valence-corrected chi connectivity index (χ1v) is 10.3. The van der Waals surface area contributed by atoms with Crippen LogP contribution >= 0.6 is 23.2 Å². The van der Waals surface area contributed by atoms with Gasteiger partial charge in [0.2, 0.25) is 0 Å². The third-order valence-electron chi connectivity index (χ3n) is 4.89. The Morgan fingerprint density at radius 1 is 1.10 bits per heavy atom. The maximum atomic E-state index is 13.2. The molecule has 0 aliphatic heterocycles. The Morgan fingerprint density at radius 3 is 2.63 bits per heavy atom. The first kappa shape index (κ1) is 23.0. The average Bonchev–Trinajstić information content (AvgIpc) is 2.70. The summed E-state index contributed by atoms with van der Waals surface area (Å²) < 4.78 is 61.2. The normalized spacial score (nSPS) is 19.7. The molecule has 0 spiro atoms. The van der Waals surface area contributed by atoms with Crippen LogP contribution in [0.3, 0.4) is 0 Å². The Hall–Kier alpha value is -1.70. The van der Waals surface area contributed by atoms with Crippen molar-refractivity contribution in [3.8, 4) is 11.5 Å². The Morgan fingerprint density at radius 2 is 1.87 bits per heavy atom. The second-order valence-electron chi connectivity index (χ2n) is 7.20. The van der Waals surface area contributed by atoms with E-state index in [-0.39, 0.29) is 5.92 Å². The third-order valence-corrected chi connectivity index (χ3v) is 5.69. The van der Waals surface area contributed by atoms with Gasteiger partial charge >= 0.3 is 12.5 Å². The molecule has 30 heavy (non-hydrogen) atoms. The highest BCUT2D eigenvalue weighted by Gasteiger charge is 2.45. The third kappa shape index (κ3) is 6.15. The molecule has 1 fully saturated rings. The topological polar surface area (TPSA) is 30.5 Å². The van der Waals surface area contributed by atoms with Crippen molar-refractivity contribution >= 4 is 28.9 Å². The molecule has 2 atom stereocenters. The molecule has 0 bridgehead atoms. The van der Waals surface area contributed by atoms with Gasteiger partial charge in [-0.1, -0.05) is 41.8 Å². The molecule has 1 saturated carbocycles. The predicted octanol–water partition coefficient (Wildman–Crippen LogP) is 7.63. The van der Waals surface area contributed by atoms with Crippen molar-refractivity contribution in [2.75, 3.05) is 11.9 Å². The van der Waals surface area contributed by atoms with E-state index in [4.69, 9.17) is 27.9 Å². The molecule has 2 aromatic rings. The van der Waals surface area contributed by atoms with Gasteiger partial charge in [0.05, 0.1) is 11.1 Å². The molecule has 1 aliphatic carbocycles. The van der Waals surface area contributed by atoms with Crippen LogP contribution in [0, 0.1) is 5.92 Å². The molecule has 0 aromatic heterocycles. The fourth-order valence-electron chi connectivity index (χ4n) is 3.43. The number of nitrogens with one attached hydrogen (secondary N) is 1. The number of halogens is 6. The summed E-state index contributed by atoms with van der Waals surface area (Å²) >= 11 is 12.1. The molecule has 0 saturated heterocycles. The number of anilines is 1. The molecule has 2 unspecified atom stereocenters. The van der Waals surface area contributed by atoms with Gasteiger partial charge in [-0.3, -0.25) is 0 Å². The zero-order valence-electron chi connectivity index (χ0n) is 15.9. The number of hydrogen-bond donors (Lipinski definition) is 1. The molecule has 1 N–H and O–H groups in total. The van der Waals surface area contributed by atoms with Crippen LogP contribution in [0.25, 0.3) is 0 Å². The van der Waals surface area contributed by atoms with Gasteiger partial charge < -0.3 is 14.8 Å². The molecular weight excluding hydrogens is 445 g/mol. The lowest BCUT2D eigenvalue weighted by molar-refractivity contribution is -0.322. The van der Waals surface area contributed by atoms with Crippen LogP contribution in [-0.2, 0) is 4.74 Å². The van der Waals surface area contributed by atoms with Crippen molar-refractivity contribution in [2.45, 2.75) is 44.3 Å². The number of benzene rings is 2. The van der Waals surface area contributed by atoms with E-state index in [2.05, 4.69) is 10.1 Å². The Kier molecular flexibility index (Phi) is 7.71. The summed E-state index contributed by atoms with van der Waals surface area (Å²) in [6.45, 7) is 0.501. The summed E-state index contributed by atoms with van der Waals surface area (Å²) in [5.74, 6) is 1.00. The summed E-state index contributed by atoms with van der Waals surface area (Å²) in [6, 6.07) is 12.3. The zero-order chi connectivity index (χ0) is 21.7. The van der Waals surface area contributed by atoms with Gasteiger partial charge in [-0.15, -0.1) is 0 Å². The zero-order valence-corrected chi connectivity index (χ0v) is 17.4. The van der Waals surface area contributed by atoms with E-state index in [0.717, 1.165) is 12.1 Å². The lowest BCUT2D eigenvalue weighted by atomic mass is 9.87. The maximum absolute atomic E-state index is 13.2. The first-order chi connectivity index (χ1) is 14.2. The van der Waals surface area contributed by atoms with Gasteiger partial charge in [0.25, 0.3) is 0 Å². The minimum atomic E-state index is -4.41. The smallest absolute Gasteiger partial charge is 0.416 e.